The van der Waals surface area contributed by atoms with Crippen LogP contribution < -0.4 is 5.32 Å². The van der Waals surface area contributed by atoms with Crippen molar-refractivity contribution in [1.29, 1.82) is 0 Å². The van der Waals surface area contributed by atoms with Crippen LogP contribution in [0.25, 0.3) is 0 Å². The SMILES string of the molecule is Cc1cnc(NCC(C(C)C)C(C)C)nc1. The summed E-state index contributed by atoms with van der Waals surface area (Å²) in [5.41, 5.74) is 1.09. The summed E-state index contributed by atoms with van der Waals surface area (Å²) >= 11 is 0. The zero-order chi connectivity index (χ0) is 12.1. The molecule has 90 valence electrons. The second-order valence-electron chi connectivity index (χ2n) is 5.12. The molecule has 0 unspecified atom stereocenters. The van der Waals surface area contributed by atoms with E-state index in [0.29, 0.717) is 17.8 Å². The van der Waals surface area contributed by atoms with Gasteiger partial charge in [-0.2, -0.15) is 0 Å². The van der Waals surface area contributed by atoms with Crippen molar-refractivity contribution in [2.45, 2.75) is 34.6 Å². The van der Waals surface area contributed by atoms with Crippen LogP contribution in [-0.4, -0.2) is 16.5 Å². The van der Waals surface area contributed by atoms with E-state index in [1.165, 1.54) is 0 Å². The van der Waals surface area contributed by atoms with E-state index in [4.69, 9.17) is 0 Å². The van der Waals surface area contributed by atoms with E-state index in [1.54, 1.807) is 0 Å². The molecule has 0 spiro atoms. The van der Waals surface area contributed by atoms with Gasteiger partial charge < -0.3 is 5.32 Å². The summed E-state index contributed by atoms with van der Waals surface area (Å²) in [6, 6.07) is 0. The van der Waals surface area contributed by atoms with Crippen LogP contribution >= 0.6 is 0 Å². The van der Waals surface area contributed by atoms with Gasteiger partial charge >= 0.3 is 0 Å². The van der Waals surface area contributed by atoms with Gasteiger partial charge in [0.25, 0.3) is 0 Å². The summed E-state index contributed by atoms with van der Waals surface area (Å²) in [7, 11) is 0. The van der Waals surface area contributed by atoms with Crippen molar-refractivity contribution >= 4 is 5.95 Å². The van der Waals surface area contributed by atoms with Gasteiger partial charge in [-0.15, -0.1) is 0 Å². The van der Waals surface area contributed by atoms with Gasteiger partial charge in [0.05, 0.1) is 0 Å². The number of hydrogen-bond acceptors (Lipinski definition) is 3. The van der Waals surface area contributed by atoms with Gasteiger partial charge in [0.15, 0.2) is 0 Å². The molecule has 1 rings (SSSR count). The number of hydrogen-bond donors (Lipinski definition) is 1. The third-order valence-corrected chi connectivity index (χ3v) is 2.99. The molecular weight excluding hydrogens is 198 g/mol. The Morgan fingerprint density at radius 2 is 1.56 bits per heavy atom. The fraction of sp³-hybridized carbons (Fsp3) is 0.692. The second-order valence-corrected chi connectivity index (χ2v) is 5.12. The number of anilines is 1. The summed E-state index contributed by atoms with van der Waals surface area (Å²) < 4.78 is 0. The lowest BCUT2D eigenvalue weighted by Gasteiger charge is -2.24. The van der Waals surface area contributed by atoms with Crippen LogP contribution in [-0.2, 0) is 0 Å². The van der Waals surface area contributed by atoms with Crippen molar-refractivity contribution in [2.75, 3.05) is 11.9 Å². The quantitative estimate of drug-likeness (QED) is 0.830. The predicted octanol–water partition coefficient (Wildman–Crippen LogP) is 3.13. The Balaban J connectivity index is 2.52. The van der Waals surface area contributed by atoms with E-state index in [2.05, 4.69) is 43.0 Å². The van der Waals surface area contributed by atoms with Crippen molar-refractivity contribution < 1.29 is 0 Å². The lowest BCUT2D eigenvalue weighted by Crippen LogP contribution is -2.25. The minimum atomic E-state index is 0.657. The molecule has 0 amide bonds. The monoisotopic (exact) mass is 221 g/mol. The zero-order valence-corrected chi connectivity index (χ0v) is 11.0. The molecule has 0 bridgehead atoms. The fourth-order valence-corrected chi connectivity index (χ4v) is 1.93. The van der Waals surface area contributed by atoms with E-state index in [1.807, 2.05) is 19.3 Å². The lowest BCUT2D eigenvalue weighted by molar-refractivity contribution is 0.304. The first kappa shape index (κ1) is 12.9. The zero-order valence-electron chi connectivity index (χ0n) is 11.0. The molecule has 0 fully saturated rings. The Kier molecular flexibility index (Phi) is 4.71. The van der Waals surface area contributed by atoms with Crippen molar-refractivity contribution in [1.82, 2.24) is 9.97 Å². The highest BCUT2D eigenvalue weighted by molar-refractivity contribution is 5.24. The number of aryl methyl sites for hydroxylation is 1. The third kappa shape index (κ3) is 3.80. The van der Waals surface area contributed by atoms with Gasteiger partial charge in [-0.3, -0.25) is 0 Å². The van der Waals surface area contributed by atoms with E-state index in [0.717, 1.165) is 18.1 Å². The minimum absolute atomic E-state index is 0.657. The van der Waals surface area contributed by atoms with Gasteiger partial charge in [-0.05, 0) is 30.2 Å². The standard InChI is InChI=1S/C13H23N3/c1-9(2)12(10(3)4)8-16-13-14-6-11(5)7-15-13/h6-7,9-10,12H,8H2,1-5H3,(H,14,15,16). The van der Waals surface area contributed by atoms with E-state index < -0.39 is 0 Å². The normalized spacial score (nSPS) is 11.5. The first-order valence-corrected chi connectivity index (χ1v) is 6.03. The maximum absolute atomic E-state index is 4.25. The first-order chi connectivity index (χ1) is 7.50. The van der Waals surface area contributed by atoms with Crippen LogP contribution in [0, 0.1) is 24.7 Å². The summed E-state index contributed by atoms with van der Waals surface area (Å²) in [4.78, 5) is 8.49. The predicted molar refractivity (Wildman–Crippen MR) is 68.4 cm³/mol. The van der Waals surface area contributed by atoms with Crippen molar-refractivity contribution in [3.05, 3.63) is 18.0 Å². The average Bonchev–Trinajstić information content (AvgIpc) is 2.20. The number of rotatable bonds is 5. The molecule has 0 aliphatic heterocycles. The van der Waals surface area contributed by atoms with Gasteiger partial charge in [0, 0.05) is 18.9 Å². The maximum Gasteiger partial charge on any atom is 0.222 e. The Morgan fingerprint density at radius 3 is 2.00 bits per heavy atom. The summed E-state index contributed by atoms with van der Waals surface area (Å²) in [6.45, 7) is 12.0. The molecule has 0 aliphatic rings. The van der Waals surface area contributed by atoms with Crippen LogP contribution in [0.1, 0.15) is 33.3 Å². The van der Waals surface area contributed by atoms with Crippen LogP contribution in [0.5, 0.6) is 0 Å². The van der Waals surface area contributed by atoms with Crippen molar-refractivity contribution in [3.63, 3.8) is 0 Å². The lowest BCUT2D eigenvalue weighted by atomic mass is 9.85. The van der Waals surface area contributed by atoms with Gasteiger partial charge in [-0.25, -0.2) is 9.97 Å². The van der Waals surface area contributed by atoms with Crippen LogP contribution in [0.4, 0.5) is 5.95 Å². The van der Waals surface area contributed by atoms with Crippen LogP contribution in [0.3, 0.4) is 0 Å². The largest absolute Gasteiger partial charge is 0.354 e. The summed E-state index contributed by atoms with van der Waals surface area (Å²) in [6.07, 6.45) is 3.68. The Bertz CT molecular complexity index is 295. The summed E-state index contributed by atoms with van der Waals surface area (Å²) in [5.74, 6) is 2.75. The minimum Gasteiger partial charge on any atom is -0.354 e. The molecule has 3 nitrogen and oxygen atoms in total. The number of nitrogens with zero attached hydrogens (tertiary/aromatic N) is 2. The smallest absolute Gasteiger partial charge is 0.222 e. The number of nitrogens with one attached hydrogen (secondary N) is 1. The van der Waals surface area contributed by atoms with Crippen molar-refractivity contribution in [2.24, 2.45) is 17.8 Å². The highest BCUT2D eigenvalue weighted by Crippen LogP contribution is 2.20. The topological polar surface area (TPSA) is 37.8 Å². The molecule has 1 N–H and O–H groups in total. The highest BCUT2D eigenvalue weighted by atomic mass is 15.1. The highest BCUT2D eigenvalue weighted by Gasteiger charge is 2.17. The van der Waals surface area contributed by atoms with Gasteiger partial charge in [0.2, 0.25) is 5.95 Å². The molecule has 1 heterocycles. The van der Waals surface area contributed by atoms with Crippen LogP contribution in [0.2, 0.25) is 0 Å². The molecule has 0 aromatic carbocycles. The molecule has 0 radical (unpaired) electrons. The van der Waals surface area contributed by atoms with Crippen molar-refractivity contribution in [3.8, 4) is 0 Å². The fourth-order valence-electron chi connectivity index (χ4n) is 1.93. The molecule has 3 heteroatoms. The second kappa shape index (κ2) is 5.83. The van der Waals surface area contributed by atoms with Gasteiger partial charge in [-0.1, -0.05) is 27.7 Å². The average molecular weight is 221 g/mol. The first-order valence-electron chi connectivity index (χ1n) is 6.03. The number of aromatic nitrogens is 2. The summed E-state index contributed by atoms with van der Waals surface area (Å²) in [5, 5.41) is 3.31. The molecule has 0 atom stereocenters. The van der Waals surface area contributed by atoms with Gasteiger partial charge in [0.1, 0.15) is 0 Å². The Hall–Kier alpha value is -1.12. The maximum atomic E-state index is 4.25. The molecule has 0 saturated heterocycles. The Labute approximate surface area is 98.7 Å². The van der Waals surface area contributed by atoms with E-state index in [9.17, 15) is 0 Å². The molecule has 0 saturated carbocycles. The van der Waals surface area contributed by atoms with Crippen LogP contribution in [0.15, 0.2) is 12.4 Å². The third-order valence-electron chi connectivity index (χ3n) is 2.99. The molecule has 16 heavy (non-hydrogen) atoms. The molecule has 0 aliphatic carbocycles. The Morgan fingerprint density at radius 1 is 1.06 bits per heavy atom. The molecule has 1 aromatic heterocycles. The van der Waals surface area contributed by atoms with E-state index >= 15 is 0 Å². The van der Waals surface area contributed by atoms with E-state index in [-0.39, 0.29) is 0 Å². The molecule has 1 aromatic rings. The molecular formula is C13H23N3.